The van der Waals surface area contributed by atoms with Crippen molar-refractivity contribution in [1.29, 1.82) is 0 Å². The number of hydrogen-bond acceptors (Lipinski definition) is 6. The van der Waals surface area contributed by atoms with Gasteiger partial charge >= 0.3 is 0 Å². The first kappa shape index (κ1) is 18.2. The molecule has 0 fully saturated rings. The largest absolute Gasteiger partial charge is 0.495 e. The lowest BCUT2D eigenvalue weighted by molar-refractivity contribution is -0.115. The van der Waals surface area contributed by atoms with Crippen molar-refractivity contribution >= 4 is 35.0 Å². The molecule has 1 N–H and O–H groups in total. The van der Waals surface area contributed by atoms with E-state index in [0.29, 0.717) is 27.3 Å². The van der Waals surface area contributed by atoms with Crippen LogP contribution in [0.3, 0.4) is 0 Å². The van der Waals surface area contributed by atoms with Gasteiger partial charge in [0.1, 0.15) is 5.75 Å². The molecule has 0 bridgehead atoms. The van der Waals surface area contributed by atoms with Crippen LogP contribution in [0.2, 0.25) is 5.02 Å². The lowest BCUT2D eigenvalue weighted by Crippen LogP contribution is -2.23. The molecule has 7 nitrogen and oxygen atoms in total. The van der Waals surface area contributed by atoms with Gasteiger partial charge in [0, 0.05) is 0 Å². The van der Waals surface area contributed by atoms with Gasteiger partial charge in [-0.1, -0.05) is 47.6 Å². The van der Waals surface area contributed by atoms with Crippen LogP contribution in [-0.4, -0.2) is 38.5 Å². The molecule has 0 aliphatic heterocycles. The van der Waals surface area contributed by atoms with Crippen LogP contribution < -0.4 is 10.1 Å². The predicted molar refractivity (Wildman–Crippen MR) is 101 cm³/mol. The number of ether oxygens (including phenoxy) is 1. The van der Waals surface area contributed by atoms with E-state index < -0.39 is 5.25 Å². The van der Waals surface area contributed by atoms with E-state index in [4.69, 9.17) is 16.3 Å². The second kappa shape index (κ2) is 8.20. The Hall–Kier alpha value is -2.58. The number of methoxy groups -OCH3 is 1. The van der Waals surface area contributed by atoms with Gasteiger partial charge in [0.05, 0.1) is 28.8 Å². The minimum Gasteiger partial charge on any atom is -0.495 e. The number of hydrogen-bond donors (Lipinski definition) is 1. The van der Waals surface area contributed by atoms with Crippen LogP contribution in [0.15, 0.2) is 53.7 Å². The molecular formula is C17H16ClN5O2S. The van der Waals surface area contributed by atoms with Crippen molar-refractivity contribution in [2.75, 3.05) is 12.4 Å². The van der Waals surface area contributed by atoms with Crippen molar-refractivity contribution < 1.29 is 9.53 Å². The summed E-state index contributed by atoms with van der Waals surface area (Å²) in [5.74, 6) is 0.409. The normalized spacial score (nSPS) is 11.8. The summed E-state index contributed by atoms with van der Waals surface area (Å²) in [7, 11) is 1.56. The molecule has 0 spiro atoms. The average Bonchev–Trinajstić information content (AvgIpc) is 3.10. The molecule has 0 saturated carbocycles. The lowest BCUT2D eigenvalue weighted by Gasteiger charge is -2.14. The zero-order valence-corrected chi connectivity index (χ0v) is 15.7. The van der Waals surface area contributed by atoms with Gasteiger partial charge in [0.15, 0.2) is 0 Å². The Labute approximate surface area is 159 Å². The van der Waals surface area contributed by atoms with Gasteiger partial charge in [0.2, 0.25) is 11.1 Å². The summed E-state index contributed by atoms with van der Waals surface area (Å²) >= 11 is 7.45. The average molecular weight is 390 g/mol. The summed E-state index contributed by atoms with van der Waals surface area (Å²) in [4.78, 5) is 12.5. The molecule has 0 aliphatic carbocycles. The molecule has 9 heteroatoms. The van der Waals surface area contributed by atoms with Crippen LogP contribution in [0.25, 0.3) is 5.69 Å². The number of anilines is 1. The van der Waals surface area contributed by atoms with Crippen molar-refractivity contribution in [3.05, 3.63) is 53.6 Å². The molecule has 1 heterocycles. The van der Waals surface area contributed by atoms with Crippen molar-refractivity contribution in [3.63, 3.8) is 0 Å². The monoisotopic (exact) mass is 389 g/mol. The Kier molecular flexibility index (Phi) is 5.75. The molecule has 1 aromatic heterocycles. The summed E-state index contributed by atoms with van der Waals surface area (Å²) in [6.45, 7) is 1.78. The van der Waals surface area contributed by atoms with E-state index in [2.05, 4.69) is 20.8 Å². The number of rotatable bonds is 6. The molecule has 2 aromatic carbocycles. The lowest BCUT2D eigenvalue weighted by atomic mass is 10.3. The number of benzene rings is 2. The van der Waals surface area contributed by atoms with Crippen molar-refractivity contribution in [2.45, 2.75) is 17.3 Å². The second-order valence-electron chi connectivity index (χ2n) is 5.27. The molecule has 0 aliphatic rings. The third-order valence-corrected chi connectivity index (χ3v) is 4.89. The zero-order chi connectivity index (χ0) is 18.5. The van der Waals surface area contributed by atoms with Crippen LogP contribution in [0.1, 0.15) is 6.92 Å². The third kappa shape index (κ3) is 3.97. The molecule has 134 valence electrons. The second-order valence-corrected chi connectivity index (χ2v) is 6.99. The highest BCUT2D eigenvalue weighted by Crippen LogP contribution is 2.28. The topological polar surface area (TPSA) is 81.9 Å². The van der Waals surface area contributed by atoms with Crippen LogP contribution in [0.5, 0.6) is 5.75 Å². The van der Waals surface area contributed by atoms with Crippen LogP contribution in [-0.2, 0) is 4.79 Å². The molecule has 0 saturated heterocycles. The summed E-state index contributed by atoms with van der Waals surface area (Å²) in [5.41, 5.74) is 1.26. The number of thioether (sulfide) groups is 1. The van der Waals surface area contributed by atoms with E-state index in [1.807, 2.05) is 30.3 Å². The van der Waals surface area contributed by atoms with Crippen LogP contribution >= 0.6 is 23.4 Å². The molecule has 3 aromatic rings. The van der Waals surface area contributed by atoms with E-state index in [1.54, 1.807) is 32.2 Å². The van der Waals surface area contributed by atoms with Gasteiger partial charge in [-0.3, -0.25) is 4.79 Å². The first-order valence-electron chi connectivity index (χ1n) is 7.74. The Morgan fingerprint density at radius 3 is 2.73 bits per heavy atom. The van der Waals surface area contributed by atoms with Gasteiger partial charge in [-0.05, 0) is 41.6 Å². The number of halogens is 1. The molecule has 1 amide bonds. The number of nitrogens with one attached hydrogen (secondary N) is 1. The first-order valence-corrected chi connectivity index (χ1v) is 8.99. The highest BCUT2D eigenvalue weighted by atomic mass is 35.5. The number of aromatic nitrogens is 4. The minimum atomic E-state index is -0.438. The third-order valence-electron chi connectivity index (χ3n) is 3.54. The number of tetrazole rings is 1. The fraction of sp³-hybridized carbons (Fsp3) is 0.176. The smallest absolute Gasteiger partial charge is 0.237 e. The Balaban J connectivity index is 1.75. The quantitative estimate of drug-likeness (QED) is 0.650. The van der Waals surface area contributed by atoms with Gasteiger partial charge in [0.25, 0.3) is 0 Å². The summed E-state index contributed by atoms with van der Waals surface area (Å²) in [6.07, 6.45) is 0. The predicted octanol–water partition coefficient (Wildman–Crippen LogP) is 3.44. The van der Waals surface area contributed by atoms with E-state index in [0.717, 1.165) is 0 Å². The number of nitrogens with zero attached hydrogens (tertiary/aromatic N) is 4. The van der Waals surface area contributed by atoms with E-state index >= 15 is 0 Å². The van der Waals surface area contributed by atoms with Gasteiger partial charge in [-0.15, -0.1) is 5.10 Å². The minimum absolute atomic E-state index is 0.187. The van der Waals surface area contributed by atoms with Crippen molar-refractivity contribution in [1.82, 2.24) is 20.2 Å². The fourth-order valence-electron chi connectivity index (χ4n) is 2.22. The van der Waals surface area contributed by atoms with Gasteiger partial charge in [-0.25, -0.2) is 0 Å². The maximum Gasteiger partial charge on any atom is 0.237 e. The summed E-state index contributed by atoms with van der Waals surface area (Å²) in [6, 6.07) is 14.5. The SMILES string of the molecule is COc1ccccc1NC(=O)[C@H](C)Sc1nnnn1-c1ccccc1Cl. The zero-order valence-electron chi connectivity index (χ0n) is 14.1. The molecule has 3 rings (SSSR count). The molecule has 1 atom stereocenters. The highest BCUT2D eigenvalue weighted by molar-refractivity contribution is 8.00. The Morgan fingerprint density at radius 2 is 1.96 bits per heavy atom. The Morgan fingerprint density at radius 1 is 1.23 bits per heavy atom. The molecule has 0 unspecified atom stereocenters. The number of amides is 1. The number of carbonyl (C=O) groups excluding carboxylic acids is 1. The van der Waals surface area contributed by atoms with E-state index in [9.17, 15) is 4.79 Å². The number of carbonyl (C=O) groups is 1. The fourth-order valence-corrected chi connectivity index (χ4v) is 3.24. The summed E-state index contributed by atoms with van der Waals surface area (Å²) in [5, 5.41) is 15.1. The highest BCUT2D eigenvalue weighted by Gasteiger charge is 2.21. The van der Waals surface area contributed by atoms with Crippen molar-refractivity contribution in [2.24, 2.45) is 0 Å². The van der Waals surface area contributed by atoms with E-state index in [-0.39, 0.29) is 5.91 Å². The van der Waals surface area contributed by atoms with Crippen LogP contribution in [0, 0.1) is 0 Å². The first-order chi connectivity index (χ1) is 12.6. The number of para-hydroxylation sites is 3. The molecule has 26 heavy (non-hydrogen) atoms. The standard InChI is InChI=1S/C17H16ClN5O2S/c1-11(16(24)19-13-8-4-6-10-15(13)25-2)26-17-20-21-22-23(17)14-9-5-3-7-12(14)18/h3-11H,1-2H3,(H,19,24)/t11-/m0/s1. The summed E-state index contributed by atoms with van der Waals surface area (Å²) < 4.78 is 6.76. The maximum absolute atomic E-state index is 12.5. The van der Waals surface area contributed by atoms with E-state index in [1.165, 1.54) is 16.4 Å². The van der Waals surface area contributed by atoms with Gasteiger partial charge < -0.3 is 10.1 Å². The van der Waals surface area contributed by atoms with Crippen molar-refractivity contribution in [3.8, 4) is 11.4 Å². The van der Waals surface area contributed by atoms with Crippen LogP contribution in [0.4, 0.5) is 5.69 Å². The molecular weight excluding hydrogens is 374 g/mol. The van der Waals surface area contributed by atoms with Gasteiger partial charge in [-0.2, -0.15) is 4.68 Å². The maximum atomic E-state index is 12.5. The Bertz CT molecular complexity index is 917. The molecule has 0 radical (unpaired) electrons.